The van der Waals surface area contributed by atoms with Crippen LogP contribution in [0.4, 0.5) is 20.2 Å². The van der Waals surface area contributed by atoms with Gasteiger partial charge in [0.15, 0.2) is 0 Å². The second kappa shape index (κ2) is 6.69. The van der Waals surface area contributed by atoms with Crippen molar-refractivity contribution in [2.24, 2.45) is 0 Å². The first-order valence-corrected chi connectivity index (χ1v) is 6.28. The van der Waals surface area contributed by atoms with Crippen molar-refractivity contribution in [3.05, 3.63) is 54.1 Å². The van der Waals surface area contributed by atoms with Crippen LogP contribution >= 0.6 is 0 Å². The van der Waals surface area contributed by atoms with Crippen molar-refractivity contribution in [2.75, 3.05) is 17.7 Å². The molecule has 0 atom stereocenters. The first-order valence-electron chi connectivity index (χ1n) is 6.28. The van der Waals surface area contributed by atoms with Gasteiger partial charge in [-0.15, -0.1) is 0 Å². The Bertz CT molecular complexity index is 647. The molecule has 0 aliphatic carbocycles. The van der Waals surface area contributed by atoms with Gasteiger partial charge in [0.25, 0.3) is 0 Å². The molecule has 21 heavy (non-hydrogen) atoms. The van der Waals surface area contributed by atoms with Crippen molar-refractivity contribution in [3.8, 4) is 5.75 Å². The van der Waals surface area contributed by atoms with Crippen LogP contribution in [0.25, 0.3) is 0 Å². The molecule has 2 rings (SSSR count). The molecule has 2 aromatic carbocycles. The largest absolute Gasteiger partial charge is 0.491 e. The van der Waals surface area contributed by atoms with E-state index in [1.54, 1.807) is 24.3 Å². The van der Waals surface area contributed by atoms with E-state index >= 15 is 0 Å². The molecule has 0 bridgehead atoms. The molecule has 0 saturated heterocycles. The minimum atomic E-state index is -0.823. The van der Waals surface area contributed by atoms with Crippen LogP contribution in [0.15, 0.2) is 42.5 Å². The molecule has 2 aromatic rings. The molecule has 3 N–H and O–H groups in total. The van der Waals surface area contributed by atoms with E-state index in [1.807, 2.05) is 0 Å². The van der Waals surface area contributed by atoms with Gasteiger partial charge in [0, 0.05) is 6.07 Å². The van der Waals surface area contributed by atoms with E-state index in [0.29, 0.717) is 17.5 Å². The number of nitrogen functional groups attached to an aromatic ring is 1. The summed E-state index contributed by atoms with van der Waals surface area (Å²) in [6.45, 7) is 0.100. The summed E-state index contributed by atoms with van der Waals surface area (Å²) in [7, 11) is 0. The van der Waals surface area contributed by atoms with Gasteiger partial charge in [0.05, 0.1) is 24.4 Å². The maximum Gasteiger partial charge on any atom is 0.227 e. The van der Waals surface area contributed by atoms with E-state index in [9.17, 15) is 13.6 Å². The van der Waals surface area contributed by atoms with Gasteiger partial charge < -0.3 is 15.8 Å². The van der Waals surface area contributed by atoms with Crippen LogP contribution in [0.2, 0.25) is 0 Å². The number of halogens is 2. The van der Waals surface area contributed by atoms with Crippen LogP contribution in [-0.2, 0) is 4.79 Å². The second-order valence-electron chi connectivity index (χ2n) is 4.31. The molecule has 0 aromatic heterocycles. The minimum absolute atomic E-state index is 0.0190. The molecular weight excluding hydrogens is 278 g/mol. The number of nitrogens with one attached hydrogen (secondary N) is 1. The van der Waals surface area contributed by atoms with E-state index in [0.717, 1.165) is 6.07 Å². The van der Waals surface area contributed by atoms with Crippen molar-refractivity contribution in [1.29, 1.82) is 0 Å². The Kier molecular flexibility index (Phi) is 4.71. The molecule has 0 saturated carbocycles. The highest BCUT2D eigenvalue weighted by Crippen LogP contribution is 2.20. The third-order valence-electron chi connectivity index (χ3n) is 2.71. The van der Waals surface area contributed by atoms with Crippen molar-refractivity contribution < 1.29 is 18.3 Å². The number of benzene rings is 2. The van der Waals surface area contributed by atoms with Gasteiger partial charge in [-0.05, 0) is 24.3 Å². The van der Waals surface area contributed by atoms with Crippen LogP contribution < -0.4 is 15.8 Å². The predicted molar refractivity (Wildman–Crippen MR) is 76.0 cm³/mol. The van der Waals surface area contributed by atoms with Crippen LogP contribution in [0.1, 0.15) is 6.42 Å². The first kappa shape index (κ1) is 14.8. The molecule has 1 amide bonds. The Hall–Kier alpha value is -2.63. The number of amides is 1. The Morgan fingerprint density at radius 1 is 1.19 bits per heavy atom. The normalized spacial score (nSPS) is 10.2. The standard InChI is InChI=1S/C15H14F2N2O2/c16-10-5-6-13(11(17)9-10)19-15(20)7-8-21-14-4-2-1-3-12(14)18/h1-6,9H,7-8,18H2,(H,19,20). The maximum absolute atomic E-state index is 13.3. The van der Waals surface area contributed by atoms with E-state index in [1.165, 1.54) is 6.07 Å². The van der Waals surface area contributed by atoms with Crippen molar-refractivity contribution >= 4 is 17.3 Å². The Morgan fingerprint density at radius 2 is 1.95 bits per heavy atom. The topological polar surface area (TPSA) is 64.3 Å². The maximum atomic E-state index is 13.3. The van der Waals surface area contributed by atoms with Crippen LogP contribution in [0, 0.1) is 11.6 Å². The summed E-state index contributed by atoms with van der Waals surface area (Å²) < 4.78 is 31.4. The number of hydrogen-bond acceptors (Lipinski definition) is 3. The molecule has 0 aliphatic heterocycles. The lowest BCUT2D eigenvalue weighted by Crippen LogP contribution is -2.16. The van der Waals surface area contributed by atoms with Gasteiger partial charge in [0.2, 0.25) is 5.91 Å². The van der Waals surface area contributed by atoms with E-state index in [-0.39, 0.29) is 18.7 Å². The number of rotatable bonds is 5. The highest BCUT2D eigenvalue weighted by Gasteiger charge is 2.08. The van der Waals surface area contributed by atoms with Gasteiger partial charge in [-0.2, -0.15) is 0 Å². The fourth-order valence-corrected chi connectivity index (χ4v) is 1.67. The summed E-state index contributed by atoms with van der Waals surface area (Å²) >= 11 is 0. The number of ether oxygens (including phenoxy) is 1. The average molecular weight is 292 g/mol. The average Bonchev–Trinajstić information content (AvgIpc) is 2.44. The summed E-state index contributed by atoms with van der Waals surface area (Å²) in [6.07, 6.45) is 0.0190. The third kappa shape index (κ3) is 4.17. The molecule has 0 heterocycles. The van der Waals surface area contributed by atoms with E-state index < -0.39 is 17.5 Å². The van der Waals surface area contributed by atoms with E-state index in [4.69, 9.17) is 10.5 Å². The summed E-state index contributed by atoms with van der Waals surface area (Å²) in [5, 5.41) is 2.35. The number of para-hydroxylation sites is 2. The minimum Gasteiger partial charge on any atom is -0.491 e. The van der Waals surface area contributed by atoms with Crippen molar-refractivity contribution in [3.63, 3.8) is 0 Å². The Labute approximate surface area is 120 Å². The molecule has 0 unspecified atom stereocenters. The number of carbonyl (C=O) groups excluding carboxylic acids is 1. The monoisotopic (exact) mass is 292 g/mol. The zero-order valence-corrected chi connectivity index (χ0v) is 11.1. The lowest BCUT2D eigenvalue weighted by molar-refractivity contribution is -0.116. The van der Waals surface area contributed by atoms with Gasteiger partial charge in [-0.1, -0.05) is 12.1 Å². The van der Waals surface area contributed by atoms with E-state index in [2.05, 4.69) is 5.32 Å². The molecule has 4 nitrogen and oxygen atoms in total. The number of nitrogens with two attached hydrogens (primary N) is 1. The number of carbonyl (C=O) groups is 1. The lowest BCUT2D eigenvalue weighted by Gasteiger charge is -2.09. The summed E-state index contributed by atoms with van der Waals surface area (Å²) in [4.78, 5) is 11.6. The van der Waals surface area contributed by atoms with Crippen LogP contribution in [-0.4, -0.2) is 12.5 Å². The molecule has 0 fully saturated rings. The van der Waals surface area contributed by atoms with Gasteiger partial charge in [0.1, 0.15) is 17.4 Å². The molecular formula is C15H14F2N2O2. The van der Waals surface area contributed by atoms with Gasteiger partial charge in [-0.25, -0.2) is 8.78 Å². The molecule has 0 spiro atoms. The number of hydrogen-bond donors (Lipinski definition) is 2. The fraction of sp³-hybridized carbons (Fsp3) is 0.133. The molecule has 0 radical (unpaired) electrons. The van der Waals surface area contributed by atoms with Crippen molar-refractivity contribution in [1.82, 2.24) is 0 Å². The highest BCUT2D eigenvalue weighted by atomic mass is 19.1. The molecule has 0 aliphatic rings. The van der Waals surface area contributed by atoms with Crippen LogP contribution in [0.3, 0.4) is 0 Å². The summed E-state index contributed by atoms with van der Waals surface area (Å²) in [5.74, 6) is -1.47. The first-order chi connectivity index (χ1) is 10.1. The zero-order valence-electron chi connectivity index (χ0n) is 11.1. The zero-order chi connectivity index (χ0) is 15.2. The van der Waals surface area contributed by atoms with Gasteiger partial charge in [-0.3, -0.25) is 4.79 Å². The second-order valence-corrected chi connectivity index (χ2v) is 4.31. The third-order valence-corrected chi connectivity index (χ3v) is 2.71. The smallest absolute Gasteiger partial charge is 0.227 e. The molecule has 6 heteroatoms. The van der Waals surface area contributed by atoms with Crippen molar-refractivity contribution in [2.45, 2.75) is 6.42 Å². The SMILES string of the molecule is Nc1ccccc1OCCC(=O)Nc1ccc(F)cc1F. The summed E-state index contributed by atoms with van der Waals surface area (Å²) in [5.41, 5.74) is 6.09. The highest BCUT2D eigenvalue weighted by molar-refractivity contribution is 5.90. The predicted octanol–water partition coefficient (Wildman–Crippen LogP) is 2.95. The Balaban J connectivity index is 1.84. The quantitative estimate of drug-likeness (QED) is 0.833. The summed E-state index contributed by atoms with van der Waals surface area (Å²) in [6, 6.07) is 9.84. The van der Waals surface area contributed by atoms with Crippen LogP contribution in [0.5, 0.6) is 5.75 Å². The molecule has 110 valence electrons. The van der Waals surface area contributed by atoms with Gasteiger partial charge >= 0.3 is 0 Å². The number of anilines is 2. The Morgan fingerprint density at radius 3 is 2.67 bits per heavy atom. The fourth-order valence-electron chi connectivity index (χ4n) is 1.67. The lowest BCUT2D eigenvalue weighted by atomic mass is 10.3.